The van der Waals surface area contributed by atoms with Gasteiger partial charge in [-0.1, -0.05) is 12.1 Å². The van der Waals surface area contributed by atoms with Crippen LogP contribution in [0.2, 0.25) is 0 Å². The number of halogens is 3. The Balaban J connectivity index is 2.11. The Hall–Kier alpha value is -1.89. The second-order valence-electron chi connectivity index (χ2n) is 3.76. The molecule has 4 nitrogen and oxygen atoms in total. The van der Waals surface area contributed by atoms with Gasteiger partial charge >= 0.3 is 6.18 Å². The van der Waals surface area contributed by atoms with Crippen LogP contribution in [0.25, 0.3) is 0 Å². The van der Waals surface area contributed by atoms with Crippen LogP contribution in [0.3, 0.4) is 0 Å². The van der Waals surface area contributed by atoms with Gasteiger partial charge in [0.2, 0.25) is 0 Å². The highest BCUT2D eigenvalue weighted by molar-refractivity contribution is 5.24. The third-order valence-corrected chi connectivity index (χ3v) is 2.39. The fourth-order valence-electron chi connectivity index (χ4n) is 1.49. The maximum absolute atomic E-state index is 12.4. The van der Waals surface area contributed by atoms with E-state index in [1.165, 1.54) is 23.1 Å². The van der Waals surface area contributed by atoms with Gasteiger partial charge in [0.05, 0.1) is 18.7 Å². The molecule has 0 atom stereocenters. The summed E-state index contributed by atoms with van der Waals surface area (Å²) < 4.78 is 38.6. The first-order valence-electron chi connectivity index (χ1n) is 5.23. The Labute approximate surface area is 101 Å². The van der Waals surface area contributed by atoms with Crippen molar-refractivity contribution >= 4 is 0 Å². The zero-order valence-corrected chi connectivity index (χ0v) is 9.35. The van der Waals surface area contributed by atoms with Crippen LogP contribution < -0.4 is 5.73 Å². The second-order valence-corrected chi connectivity index (χ2v) is 3.76. The molecule has 1 aromatic carbocycles. The molecule has 0 saturated carbocycles. The van der Waals surface area contributed by atoms with Crippen LogP contribution in [0.4, 0.5) is 13.2 Å². The average molecular weight is 256 g/mol. The van der Waals surface area contributed by atoms with Crippen LogP contribution in [-0.4, -0.2) is 14.8 Å². The minimum atomic E-state index is -4.31. The molecule has 1 aromatic heterocycles. The van der Waals surface area contributed by atoms with Crippen molar-refractivity contribution < 1.29 is 13.2 Å². The smallest absolute Gasteiger partial charge is 0.324 e. The average Bonchev–Trinajstić information content (AvgIpc) is 2.76. The summed E-state index contributed by atoms with van der Waals surface area (Å²) in [5, 5.41) is 4.05. The van der Waals surface area contributed by atoms with Crippen molar-refractivity contribution in [2.75, 3.05) is 0 Å². The van der Waals surface area contributed by atoms with E-state index in [1.807, 2.05) is 0 Å². The number of nitrogens with zero attached hydrogens (tertiary/aromatic N) is 3. The monoisotopic (exact) mass is 256 g/mol. The molecule has 0 aliphatic heterocycles. The molecule has 0 amide bonds. The molecule has 0 bridgehead atoms. The van der Waals surface area contributed by atoms with E-state index in [2.05, 4.69) is 10.1 Å². The predicted molar refractivity (Wildman–Crippen MR) is 58.5 cm³/mol. The summed E-state index contributed by atoms with van der Waals surface area (Å²) in [6.45, 7) is 0.602. The Bertz CT molecular complexity index is 516. The first-order valence-corrected chi connectivity index (χ1v) is 5.23. The molecule has 0 saturated heterocycles. The fourth-order valence-corrected chi connectivity index (χ4v) is 1.49. The molecule has 0 spiro atoms. The lowest BCUT2D eigenvalue weighted by atomic mass is 10.1. The molecule has 0 aliphatic rings. The SMILES string of the molecule is NCc1ncn(Cc2ccc(C(F)(F)F)cc2)n1. The minimum absolute atomic E-state index is 0.236. The molecule has 18 heavy (non-hydrogen) atoms. The summed E-state index contributed by atoms with van der Waals surface area (Å²) in [5.74, 6) is 0.502. The minimum Gasteiger partial charge on any atom is -0.324 e. The van der Waals surface area contributed by atoms with E-state index in [0.717, 1.165) is 17.7 Å². The summed E-state index contributed by atoms with van der Waals surface area (Å²) in [6.07, 6.45) is -2.81. The zero-order chi connectivity index (χ0) is 13.2. The summed E-state index contributed by atoms with van der Waals surface area (Å²) in [6, 6.07) is 4.95. The fraction of sp³-hybridized carbons (Fsp3) is 0.273. The van der Waals surface area contributed by atoms with Crippen LogP contribution in [0.5, 0.6) is 0 Å². The number of rotatable bonds is 3. The Kier molecular flexibility index (Phi) is 3.33. The van der Waals surface area contributed by atoms with E-state index < -0.39 is 11.7 Å². The van der Waals surface area contributed by atoms with Crippen LogP contribution in [-0.2, 0) is 19.3 Å². The second kappa shape index (κ2) is 4.77. The number of hydrogen-bond acceptors (Lipinski definition) is 3. The maximum atomic E-state index is 12.4. The Morgan fingerprint density at radius 3 is 2.33 bits per heavy atom. The summed E-state index contributed by atoms with van der Waals surface area (Å²) in [5.41, 5.74) is 5.42. The Morgan fingerprint density at radius 1 is 1.17 bits per heavy atom. The normalized spacial score (nSPS) is 11.8. The molecule has 1 heterocycles. The van der Waals surface area contributed by atoms with Gasteiger partial charge in [-0.2, -0.15) is 18.3 Å². The van der Waals surface area contributed by atoms with E-state index in [1.54, 1.807) is 0 Å². The van der Waals surface area contributed by atoms with Gasteiger partial charge in [0.25, 0.3) is 0 Å². The summed E-state index contributed by atoms with van der Waals surface area (Å²) >= 11 is 0. The van der Waals surface area contributed by atoms with Crippen LogP contribution in [0, 0.1) is 0 Å². The van der Waals surface area contributed by atoms with Crippen molar-refractivity contribution in [3.8, 4) is 0 Å². The zero-order valence-electron chi connectivity index (χ0n) is 9.35. The lowest BCUT2D eigenvalue weighted by Crippen LogP contribution is -2.06. The topological polar surface area (TPSA) is 56.7 Å². The molecule has 96 valence electrons. The molecule has 2 aromatic rings. The van der Waals surface area contributed by atoms with Crippen LogP contribution >= 0.6 is 0 Å². The third kappa shape index (κ3) is 2.86. The summed E-state index contributed by atoms with van der Waals surface area (Å²) in [4.78, 5) is 3.93. The van der Waals surface area contributed by atoms with Gasteiger partial charge in [0, 0.05) is 0 Å². The lowest BCUT2D eigenvalue weighted by molar-refractivity contribution is -0.137. The van der Waals surface area contributed by atoms with Gasteiger partial charge in [-0.3, -0.25) is 0 Å². The van der Waals surface area contributed by atoms with Crippen molar-refractivity contribution in [1.82, 2.24) is 14.8 Å². The van der Waals surface area contributed by atoms with Gasteiger partial charge in [-0.05, 0) is 17.7 Å². The van der Waals surface area contributed by atoms with Crippen molar-refractivity contribution in [3.05, 3.63) is 47.5 Å². The van der Waals surface area contributed by atoms with E-state index in [9.17, 15) is 13.2 Å². The van der Waals surface area contributed by atoms with Crippen molar-refractivity contribution in [3.63, 3.8) is 0 Å². The van der Waals surface area contributed by atoms with E-state index in [-0.39, 0.29) is 6.54 Å². The van der Waals surface area contributed by atoms with Crippen molar-refractivity contribution in [1.29, 1.82) is 0 Å². The van der Waals surface area contributed by atoms with Gasteiger partial charge in [-0.25, -0.2) is 9.67 Å². The van der Waals surface area contributed by atoms with Crippen LogP contribution in [0.15, 0.2) is 30.6 Å². The molecule has 2 rings (SSSR count). The predicted octanol–water partition coefficient (Wildman–Crippen LogP) is 1.80. The molecule has 0 radical (unpaired) electrons. The largest absolute Gasteiger partial charge is 0.416 e. The third-order valence-electron chi connectivity index (χ3n) is 2.39. The molecule has 0 fully saturated rings. The molecule has 0 unspecified atom stereocenters. The summed E-state index contributed by atoms with van der Waals surface area (Å²) in [7, 11) is 0. The van der Waals surface area contributed by atoms with E-state index in [4.69, 9.17) is 5.73 Å². The first-order chi connectivity index (χ1) is 8.49. The number of nitrogens with two attached hydrogens (primary N) is 1. The number of benzene rings is 1. The highest BCUT2D eigenvalue weighted by atomic mass is 19.4. The van der Waals surface area contributed by atoms with E-state index in [0.29, 0.717) is 12.4 Å². The van der Waals surface area contributed by atoms with Crippen molar-refractivity contribution in [2.24, 2.45) is 5.73 Å². The highest BCUT2D eigenvalue weighted by Crippen LogP contribution is 2.29. The number of hydrogen-bond donors (Lipinski definition) is 1. The molecular weight excluding hydrogens is 245 g/mol. The highest BCUT2D eigenvalue weighted by Gasteiger charge is 2.29. The molecule has 2 N–H and O–H groups in total. The van der Waals surface area contributed by atoms with E-state index >= 15 is 0 Å². The van der Waals surface area contributed by atoms with Gasteiger partial charge in [-0.15, -0.1) is 0 Å². The number of alkyl halides is 3. The standard InChI is InChI=1S/C11H11F3N4/c12-11(13,14)9-3-1-8(2-4-9)6-18-7-16-10(5-15)17-18/h1-4,7H,5-6,15H2. The Morgan fingerprint density at radius 2 is 1.83 bits per heavy atom. The molecule has 0 aliphatic carbocycles. The molecular formula is C11H11F3N4. The lowest BCUT2D eigenvalue weighted by Gasteiger charge is -2.07. The number of aromatic nitrogens is 3. The van der Waals surface area contributed by atoms with Gasteiger partial charge in [0.15, 0.2) is 5.82 Å². The quantitative estimate of drug-likeness (QED) is 0.911. The molecule has 7 heteroatoms. The maximum Gasteiger partial charge on any atom is 0.416 e. The van der Waals surface area contributed by atoms with Gasteiger partial charge in [0.1, 0.15) is 6.33 Å². The van der Waals surface area contributed by atoms with Gasteiger partial charge < -0.3 is 5.73 Å². The first kappa shape index (κ1) is 12.6. The van der Waals surface area contributed by atoms with Crippen LogP contribution in [0.1, 0.15) is 17.0 Å². The van der Waals surface area contributed by atoms with Crippen molar-refractivity contribution in [2.45, 2.75) is 19.3 Å².